The lowest BCUT2D eigenvalue weighted by atomic mass is 9.75. The van der Waals surface area contributed by atoms with E-state index in [2.05, 4.69) is 13.8 Å². The Morgan fingerprint density at radius 3 is 1.12 bits per heavy atom. The zero-order valence-electron chi connectivity index (χ0n) is 15.5. The van der Waals surface area contributed by atoms with E-state index in [1.165, 1.54) is 0 Å². The van der Waals surface area contributed by atoms with Gasteiger partial charge in [-0.15, -0.1) is 0 Å². The standard InChI is InChI=1S/C21H24O4/c1-11-7-15(8-12(2)17(11)19(22)23)21(5,6)16-9-13(3)18(20(24)25)14(4)10-16/h7-10H,1-6H3,(H,22,23)(H,24,25). The molecule has 0 aliphatic carbocycles. The highest BCUT2D eigenvalue weighted by Gasteiger charge is 2.27. The van der Waals surface area contributed by atoms with E-state index in [9.17, 15) is 19.8 Å². The zero-order valence-corrected chi connectivity index (χ0v) is 15.5. The predicted octanol–water partition coefficient (Wildman–Crippen LogP) is 4.64. The summed E-state index contributed by atoms with van der Waals surface area (Å²) < 4.78 is 0. The van der Waals surface area contributed by atoms with Crippen LogP contribution >= 0.6 is 0 Å². The second kappa shape index (κ2) is 6.36. The molecule has 0 atom stereocenters. The monoisotopic (exact) mass is 340 g/mol. The van der Waals surface area contributed by atoms with Crippen molar-refractivity contribution in [3.05, 3.63) is 68.8 Å². The quantitative estimate of drug-likeness (QED) is 0.850. The minimum Gasteiger partial charge on any atom is -0.478 e. The number of hydrogen-bond acceptors (Lipinski definition) is 2. The molecule has 0 bridgehead atoms. The van der Waals surface area contributed by atoms with Crippen LogP contribution in [-0.4, -0.2) is 22.2 Å². The molecule has 0 saturated carbocycles. The van der Waals surface area contributed by atoms with Crippen LogP contribution in [0.1, 0.15) is 67.9 Å². The highest BCUT2D eigenvalue weighted by Crippen LogP contribution is 2.35. The lowest BCUT2D eigenvalue weighted by Gasteiger charge is -2.29. The third-order valence-corrected chi connectivity index (χ3v) is 4.94. The average Bonchev–Trinajstić information content (AvgIpc) is 2.44. The fraction of sp³-hybridized carbons (Fsp3) is 0.333. The van der Waals surface area contributed by atoms with Crippen molar-refractivity contribution in [2.75, 3.05) is 0 Å². The van der Waals surface area contributed by atoms with Crippen molar-refractivity contribution < 1.29 is 19.8 Å². The van der Waals surface area contributed by atoms with Gasteiger partial charge in [-0.25, -0.2) is 9.59 Å². The summed E-state index contributed by atoms with van der Waals surface area (Å²) in [5, 5.41) is 18.7. The third-order valence-electron chi connectivity index (χ3n) is 4.94. The summed E-state index contributed by atoms with van der Waals surface area (Å²) in [7, 11) is 0. The fourth-order valence-corrected chi connectivity index (χ4v) is 3.49. The molecule has 0 spiro atoms. The Balaban J connectivity index is 2.64. The van der Waals surface area contributed by atoms with Crippen LogP contribution in [0.25, 0.3) is 0 Å². The molecule has 2 aromatic rings. The molecule has 0 aromatic heterocycles. The van der Waals surface area contributed by atoms with Crippen molar-refractivity contribution in [3.63, 3.8) is 0 Å². The number of aromatic carboxylic acids is 2. The summed E-state index contributed by atoms with van der Waals surface area (Å²) in [5.74, 6) is -1.84. The molecule has 132 valence electrons. The van der Waals surface area contributed by atoms with Crippen molar-refractivity contribution in [2.24, 2.45) is 0 Å². The van der Waals surface area contributed by atoms with Crippen LogP contribution < -0.4 is 0 Å². The van der Waals surface area contributed by atoms with E-state index in [1.807, 2.05) is 24.3 Å². The summed E-state index contributed by atoms with van der Waals surface area (Å²) in [4.78, 5) is 22.8. The maximum absolute atomic E-state index is 11.4. The Kier molecular flexibility index (Phi) is 4.76. The molecule has 0 heterocycles. The minimum atomic E-state index is -0.920. The van der Waals surface area contributed by atoms with Gasteiger partial charge in [-0.2, -0.15) is 0 Å². The summed E-state index contributed by atoms with van der Waals surface area (Å²) >= 11 is 0. The molecule has 0 aliphatic rings. The second-order valence-corrected chi connectivity index (χ2v) is 7.21. The van der Waals surface area contributed by atoms with E-state index in [4.69, 9.17) is 0 Å². The first-order chi connectivity index (χ1) is 11.5. The van der Waals surface area contributed by atoms with Gasteiger partial charge in [0, 0.05) is 5.41 Å². The number of carboxylic acids is 2. The first-order valence-corrected chi connectivity index (χ1v) is 8.16. The van der Waals surface area contributed by atoms with E-state index in [-0.39, 0.29) is 5.41 Å². The first-order valence-electron chi connectivity index (χ1n) is 8.16. The molecule has 2 aromatic carbocycles. The molecular formula is C21H24O4. The van der Waals surface area contributed by atoms with Crippen LogP contribution in [0.4, 0.5) is 0 Å². The number of benzene rings is 2. The lowest BCUT2D eigenvalue weighted by Crippen LogP contribution is -2.21. The molecule has 0 saturated heterocycles. The second-order valence-electron chi connectivity index (χ2n) is 7.21. The number of aryl methyl sites for hydroxylation is 4. The topological polar surface area (TPSA) is 74.6 Å². The molecule has 25 heavy (non-hydrogen) atoms. The van der Waals surface area contributed by atoms with Crippen molar-refractivity contribution in [3.8, 4) is 0 Å². The van der Waals surface area contributed by atoms with Crippen LogP contribution in [0.3, 0.4) is 0 Å². The molecule has 4 nitrogen and oxygen atoms in total. The molecule has 0 amide bonds. The number of carbonyl (C=O) groups is 2. The Hall–Kier alpha value is -2.62. The highest BCUT2D eigenvalue weighted by atomic mass is 16.4. The van der Waals surface area contributed by atoms with E-state index in [1.54, 1.807) is 27.7 Å². The number of carboxylic acid groups (broad SMARTS) is 2. The number of hydrogen-bond donors (Lipinski definition) is 2. The normalized spacial score (nSPS) is 11.4. The molecular weight excluding hydrogens is 316 g/mol. The van der Waals surface area contributed by atoms with Crippen molar-refractivity contribution in [2.45, 2.75) is 47.0 Å². The lowest BCUT2D eigenvalue weighted by molar-refractivity contribution is 0.0684. The van der Waals surface area contributed by atoms with Gasteiger partial charge >= 0.3 is 11.9 Å². The van der Waals surface area contributed by atoms with Crippen LogP contribution in [0.2, 0.25) is 0 Å². The van der Waals surface area contributed by atoms with Crippen LogP contribution in [0, 0.1) is 27.7 Å². The zero-order chi connectivity index (χ0) is 19.1. The highest BCUT2D eigenvalue weighted by molar-refractivity contribution is 5.92. The van der Waals surface area contributed by atoms with Gasteiger partial charge in [-0.3, -0.25) is 0 Å². The molecule has 4 heteroatoms. The van der Waals surface area contributed by atoms with E-state index in [0.717, 1.165) is 33.4 Å². The molecule has 0 aliphatic heterocycles. The van der Waals surface area contributed by atoms with Gasteiger partial charge in [-0.05, 0) is 61.1 Å². The van der Waals surface area contributed by atoms with Gasteiger partial charge in [0.2, 0.25) is 0 Å². The van der Waals surface area contributed by atoms with E-state index >= 15 is 0 Å². The van der Waals surface area contributed by atoms with Crippen molar-refractivity contribution in [1.29, 1.82) is 0 Å². The number of rotatable bonds is 4. The summed E-state index contributed by atoms with van der Waals surface area (Å²) in [6.07, 6.45) is 0. The Bertz CT molecular complexity index is 758. The van der Waals surface area contributed by atoms with Gasteiger partial charge in [0.25, 0.3) is 0 Å². The molecule has 2 N–H and O–H groups in total. The SMILES string of the molecule is Cc1cc(C(C)(C)c2cc(C)c(C(=O)O)c(C)c2)cc(C)c1C(=O)O. The smallest absolute Gasteiger partial charge is 0.336 e. The van der Waals surface area contributed by atoms with E-state index < -0.39 is 11.9 Å². The van der Waals surface area contributed by atoms with Gasteiger partial charge in [0.1, 0.15) is 0 Å². The van der Waals surface area contributed by atoms with Crippen molar-refractivity contribution >= 4 is 11.9 Å². The Morgan fingerprint density at radius 2 is 0.920 bits per heavy atom. The largest absolute Gasteiger partial charge is 0.478 e. The molecule has 0 radical (unpaired) electrons. The minimum absolute atomic E-state index is 0.341. The Morgan fingerprint density at radius 1 is 0.680 bits per heavy atom. The summed E-state index contributed by atoms with van der Waals surface area (Å²) in [5.41, 5.74) is 5.23. The average molecular weight is 340 g/mol. The maximum Gasteiger partial charge on any atom is 0.336 e. The van der Waals surface area contributed by atoms with Crippen LogP contribution in [0.15, 0.2) is 24.3 Å². The van der Waals surface area contributed by atoms with Crippen LogP contribution in [-0.2, 0) is 5.41 Å². The summed E-state index contributed by atoms with van der Waals surface area (Å²) in [6.45, 7) is 11.4. The molecule has 0 fully saturated rings. The molecule has 2 rings (SSSR count). The first kappa shape index (κ1) is 18.7. The summed E-state index contributed by atoms with van der Waals surface area (Å²) in [6, 6.07) is 7.64. The van der Waals surface area contributed by atoms with E-state index in [0.29, 0.717) is 11.1 Å². The third kappa shape index (κ3) is 3.29. The van der Waals surface area contributed by atoms with Crippen LogP contribution in [0.5, 0.6) is 0 Å². The maximum atomic E-state index is 11.4. The predicted molar refractivity (Wildman–Crippen MR) is 97.9 cm³/mol. The Labute approximate surface area is 148 Å². The van der Waals surface area contributed by atoms with Gasteiger partial charge in [0.15, 0.2) is 0 Å². The fourth-order valence-electron chi connectivity index (χ4n) is 3.49. The molecule has 0 unspecified atom stereocenters. The van der Waals surface area contributed by atoms with Crippen molar-refractivity contribution in [1.82, 2.24) is 0 Å². The van der Waals surface area contributed by atoms with Gasteiger partial charge in [-0.1, -0.05) is 38.1 Å². The van der Waals surface area contributed by atoms with Gasteiger partial charge in [0.05, 0.1) is 11.1 Å². The van der Waals surface area contributed by atoms with Gasteiger partial charge < -0.3 is 10.2 Å².